The van der Waals surface area contributed by atoms with Gasteiger partial charge in [-0.25, -0.2) is 4.98 Å². The van der Waals surface area contributed by atoms with Crippen LogP contribution in [-0.4, -0.2) is 20.6 Å². The van der Waals surface area contributed by atoms with Gasteiger partial charge in [-0.2, -0.15) is 0 Å². The highest BCUT2D eigenvalue weighted by atomic mass is 32.1. The van der Waals surface area contributed by atoms with Crippen molar-refractivity contribution in [3.8, 4) is 5.75 Å². The molecule has 1 amide bonds. The van der Waals surface area contributed by atoms with E-state index in [2.05, 4.69) is 17.6 Å². The number of anilines is 1. The largest absolute Gasteiger partial charge is 0.506 e. The highest BCUT2D eigenvalue weighted by Crippen LogP contribution is 2.60. The molecule has 0 saturated heterocycles. The average molecular weight is 548 g/mol. The summed E-state index contributed by atoms with van der Waals surface area (Å²) in [6.07, 6.45) is 15.8. The second-order valence-corrected chi connectivity index (χ2v) is 13.4. The van der Waals surface area contributed by atoms with Crippen molar-refractivity contribution in [3.63, 3.8) is 0 Å². The molecule has 0 radical (unpaired) electrons. The number of nitrogens with one attached hydrogen (secondary N) is 1. The van der Waals surface area contributed by atoms with Gasteiger partial charge in [-0.05, 0) is 74.8 Å². The molecule has 4 aliphatic carbocycles. The summed E-state index contributed by atoms with van der Waals surface area (Å²) in [5.74, 6) is 1.63. The minimum atomic E-state index is -0.581. The monoisotopic (exact) mass is 547 g/mol. The zero-order valence-electron chi connectivity index (χ0n) is 23.1. The van der Waals surface area contributed by atoms with Crippen molar-refractivity contribution in [3.05, 3.63) is 51.3 Å². The Morgan fingerprint density at radius 1 is 1.03 bits per heavy atom. The minimum Gasteiger partial charge on any atom is -0.506 e. The molecule has 4 saturated carbocycles. The average Bonchev–Trinajstić information content (AvgIpc) is 3.38. The van der Waals surface area contributed by atoms with Crippen LogP contribution in [0.5, 0.6) is 5.75 Å². The lowest BCUT2D eigenvalue weighted by molar-refractivity contribution is -0.00688. The first-order valence-corrected chi connectivity index (χ1v) is 16.0. The topological polar surface area (TPSA) is 84.2 Å². The SMILES string of the molecule is CCCCCCCCCn1c(=O)c(C(=O)Nc2nc(C34CC5CC(CC(C5)C3)C4)cs2)c(O)c2ccccc21. The first-order valence-electron chi connectivity index (χ1n) is 15.1. The van der Waals surface area contributed by atoms with Crippen molar-refractivity contribution in [2.45, 2.75) is 102 Å². The lowest BCUT2D eigenvalue weighted by atomic mass is 9.49. The Bertz CT molecular complexity index is 1370. The Balaban J connectivity index is 1.21. The van der Waals surface area contributed by atoms with Gasteiger partial charge in [0.05, 0.1) is 11.2 Å². The van der Waals surface area contributed by atoms with E-state index in [1.54, 1.807) is 10.6 Å². The van der Waals surface area contributed by atoms with Crippen LogP contribution >= 0.6 is 11.3 Å². The molecule has 2 aromatic heterocycles. The highest BCUT2D eigenvalue weighted by molar-refractivity contribution is 7.14. The number of nitrogens with zero attached hydrogens (tertiary/aromatic N) is 2. The second kappa shape index (κ2) is 11.1. The molecule has 208 valence electrons. The van der Waals surface area contributed by atoms with Gasteiger partial charge in [0.1, 0.15) is 11.3 Å². The van der Waals surface area contributed by atoms with Crippen LogP contribution in [0.1, 0.15) is 106 Å². The highest BCUT2D eigenvalue weighted by Gasteiger charge is 2.52. The van der Waals surface area contributed by atoms with E-state index in [1.165, 1.54) is 75.5 Å². The van der Waals surface area contributed by atoms with Gasteiger partial charge in [0.25, 0.3) is 11.5 Å². The normalized spacial score (nSPS) is 25.4. The van der Waals surface area contributed by atoms with E-state index in [9.17, 15) is 14.7 Å². The van der Waals surface area contributed by atoms with Gasteiger partial charge in [-0.3, -0.25) is 14.9 Å². The van der Waals surface area contributed by atoms with E-state index in [0.29, 0.717) is 22.6 Å². The summed E-state index contributed by atoms with van der Waals surface area (Å²) in [6.45, 7) is 2.74. The molecule has 4 fully saturated rings. The van der Waals surface area contributed by atoms with E-state index in [0.717, 1.165) is 42.7 Å². The van der Waals surface area contributed by atoms with Gasteiger partial charge in [0, 0.05) is 22.7 Å². The van der Waals surface area contributed by atoms with Crippen LogP contribution in [0.15, 0.2) is 34.4 Å². The number of pyridine rings is 1. The summed E-state index contributed by atoms with van der Waals surface area (Å²) in [5.41, 5.74) is 1.31. The van der Waals surface area contributed by atoms with E-state index in [-0.39, 0.29) is 16.7 Å². The number of aromatic hydroxyl groups is 1. The van der Waals surface area contributed by atoms with Crippen molar-refractivity contribution in [2.24, 2.45) is 17.8 Å². The number of thiazole rings is 1. The molecule has 4 aliphatic rings. The molecule has 0 spiro atoms. The molecular weight excluding hydrogens is 506 g/mol. The summed E-state index contributed by atoms with van der Waals surface area (Å²) in [5, 5.41) is 17.1. The number of benzene rings is 1. The number of carbonyl (C=O) groups is 1. The molecule has 0 aliphatic heterocycles. The van der Waals surface area contributed by atoms with E-state index in [1.807, 2.05) is 18.2 Å². The molecule has 7 rings (SSSR count). The van der Waals surface area contributed by atoms with Crippen molar-refractivity contribution in [1.29, 1.82) is 0 Å². The molecule has 2 N–H and O–H groups in total. The Kier molecular flexibility index (Phi) is 7.54. The number of fused-ring (bicyclic) bond motifs is 1. The summed E-state index contributed by atoms with van der Waals surface area (Å²) in [4.78, 5) is 32.0. The van der Waals surface area contributed by atoms with Gasteiger partial charge < -0.3 is 9.67 Å². The first kappa shape index (κ1) is 26.5. The fourth-order valence-electron chi connectivity index (χ4n) is 8.20. The van der Waals surface area contributed by atoms with Crippen LogP contribution in [0.4, 0.5) is 5.13 Å². The Morgan fingerprint density at radius 2 is 1.67 bits per heavy atom. The van der Waals surface area contributed by atoms with E-state index >= 15 is 0 Å². The number of amides is 1. The minimum absolute atomic E-state index is 0.155. The number of para-hydroxylation sites is 1. The molecule has 2 heterocycles. The van der Waals surface area contributed by atoms with Crippen molar-refractivity contribution >= 4 is 33.3 Å². The van der Waals surface area contributed by atoms with Crippen molar-refractivity contribution in [1.82, 2.24) is 9.55 Å². The fraction of sp³-hybridized carbons (Fsp3) is 0.594. The quantitative estimate of drug-likeness (QED) is 0.242. The van der Waals surface area contributed by atoms with Crippen molar-refractivity contribution in [2.75, 3.05) is 5.32 Å². The third-order valence-corrected chi connectivity index (χ3v) is 10.4. The smallest absolute Gasteiger partial charge is 0.267 e. The third kappa shape index (κ3) is 5.15. The standard InChI is InChI=1S/C32H41N3O3S/c1-2-3-4-5-6-7-10-13-35-25-12-9-8-11-24(25)28(36)27(30(35)38)29(37)34-31-33-26(20-39-31)32-17-21-14-22(18-32)16-23(15-21)19-32/h8-9,11-12,20-23,36H,2-7,10,13-19H2,1H3,(H,33,34,37). The number of aromatic nitrogens is 2. The molecule has 1 aromatic carbocycles. The van der Waals surface area contributed by atoms with Gasteiger partial charge >= 0.3 is 0 Å². The van der Waals surface area contributed by atoms with E-state index < -0.39 is 11.5 Å². The maximum absolute atomic E-state index is 13.6. The number of hydrogen-bond donors (Lipinski definition) is 2. The number of carbonyl (C=O) groups excluding carboxylic acids is 1. The maximum atomic E-state index is 13.6. The second-order valence-electron chi connectivity index (χ2n) is 12.5. The number of hydrogen-bond acceptors (Lipinski definition) is 5. The zero-order valence-corrected chi connectivity index (χ0v) is 23.9. The Morgan fingerprint density at radius 3 is 2.36 bits per heavy atom. The molecule has 4 bridgehead atoms. The van der Waals surface area contributed by atoms with Gasteiger partial charge in [0.2, 0.25) is 0 Å². The summed E-state index contributed by atoms with van der Waals surface area (Å²) >= 11 is 1.43. The van der Waals surface area contributed by atoms with Crippen molar-refractivity contribution < 1.29 is 9.90 Å². The fourth-order valence-corrected chi connectivity index (χ4v) is 9.03. The lowest BCUT2D eigenvalue weighted by Gasteiger charge is -2.56. The molecule has 7 heteroatoms. The Hall–Kier alpha value is -2.67. The predicted molar refractivity (Wildman–Crippen MR) is 158 cm³/mol. The molecule has 0 atom stereocenters. The lowest BCUT2D eigenvalue weighted by Crippen LogP contribution is -2.48. The summed E-state index contributed by atoms with van der Waals surface area (Å²) < 4.78 is 1.67. The van der Waals surface area contributed by atoms with Crippen LogP contribution in [0.25, 0.3) is 10.9 Å². The third-order valence-electron chi connectivity index (χ3n) is 9.66. The zero-order chi connectivity index (χ0) is 27.0. The number of rotatable bonds is 11. The summed E-state index contributed by atoms with van der Waals surface area (Å²) in [6, 6.07) is 7.31. The summed E-state index contributed by atoms with van der Waals surface area (Å²) in [7, 11) is 0. The predicted octanol–water partition coefficient (Wildman–Crippen LogP) is 7.63. The molecular formula is C32H41N3O3S. The van der Waals surface area contributed by atoms with Gasteiger partial charge in [0.15, 0.2) is 5.13 Å². The van der Waals surface area contributed by atoms with Crippen LogP contribution in [0.2, 0.25) is 0 Å². The van der Waals surface area contributed by atoms with Crippen LogP contribution in [0.3, 0.4) is 0 Å². The molecule has 39 heavy (non-hydrogen) atoms. The maximum Gasteiger partial charge on any atom is 0.267 e. The Labute approximate surface area is 234 Å². The molecule has 6 nitrogen and oxygen atoms in total. The van der Waals surface area contributed by atoms with E-state index in [4.69, 9.17) is 4.98 Å². The molecule has 0 unspecified atom stereocenters. The number of aryl methyl sites for hydroxylation is 1. The first-order chi connectivity index (χ1) is 19.0. The van der Waals surface area contributed by atoms with Gasteiger partial charge in [-0.1, -0.05) is 57.6 Å². The number of unbranched alkanes of at least 4 members (excludes halogenated alkanes) is 6. The van der Waals surface area contributed by atoms with Crippen LogP contribution in [0, 0.1) is 17.8 Å². The van der Waals surface area contributed by atoms with Gasteiger partial charge in [-0.15, -0.1) is 11.3 Å². The van der Waals surface area contributed by atoms with Crippen LogP contribution in [-0.2, 0) is 12.0 Å². The molecule has 3 aromatic rings. The van der Waals surface area contributed by atoms with Crippen LogP contribution < -0.4 is 10.9 Å².